The predicted molar refractivity (Wildman–Crippen MR) is 111 cm³/mol. The van der Waals surface area contributed by atoms with Gasteiger partial charge in [0.2, 0.25) is 5.91 Å². The quantitative estimate of drug-likeness (QED) is 0.815. The van der Waals surface area contributed by atoms with Crippen LogP contribution in [0.1, 0.15) is 25.8 Å². The average molecular weight is 402 g/mol. The number of halogens is 1. The molecule has 2 heterocycles. The molecular formula is C21H24FN3O2S. The van der Waals surface area contributed by atoms with Gasteiger partial charge >= 0.3 is 0 Å². The zero-order chi connectivity index (χ0) is 20.3. The third kappa shape index (κ3) is 3.40. The maximum absolute atomic E-state index is 13.8. The summed E-state index contributed by atoms with van der Waals surface area (Å²) in [7, 11) is 0. The van der Waals surface area contributed by atoms with Crippen molar-refractivity contribution in [3.63, 3.8) is 0 Å². The van der Waals surface area contributed by atoms with E-state index in [1.54, 1.807) is 18.2 Å². The van der Waals surface area contributed by atoms with E-state index in [0.717, 1.165) is 5.57 Å². The summed E-state index contributed by atoms with van der Waals surface area (Å²) in [6, 6.07) is 6.22. The van der Waals surface area contributed by atoms with Crippen molar-refractivity contribution in [1.29, 1.82) is 0 Å². The van der Waals surface area contributed by atoms with Crippen LogP contribution in [0, 0.1) is 11.7 Å². The Hall–Kier alpha value is -2.38. The zero-order valence-electron chi connectivity index (χ0n) is 16.0. The van der Waals surface area contributed by atoms with Gasteiger partial charge in [0.25, 0.3) is 0 Å². The first kappa shape index (κ1) is 20.4. The van der Waals surface area contributed by atoms with Gasteiger partial charge in [-0.25, -0.2) is 9.40 Å². The van der Waals surface area contributed by atoms with Crippen molar-refractivity contribution < 1.29 is 13.9 Å². The Bertz CT molecular complexity index is 880. The molecule has 0 fully saturated rings. The second kappa shape index (κ2) is 8.32. The number of benzene rings is 1. The number of ether oxygens (including phenoxy) is 1. The molecule has 148 valence electrons. The molecule has 1 spiro atoms. The summed E-state index contributed by atoms with van der Waals surface area (Å²) in [6.45, 7) is 8.19. The summed E-state index contributed by atoms with van der Waals surface area (Å²) in [4.78, 5) is 11.8. The van der Waals surface area contributed by atoms with E-state index in [0.29, 0.717) is 35.9 Å². The minimum Gasteiger partial charge on any atom is -0.493 e. The number of carbonyl (C=O) groups is 1. The molecule has 0 radical (unpaired) electrons. The van der Waals surface area contributed by atoms with Crippen molar-refractivity contribution >= 4 is 22.7 Å². The van der Waals surface area contributed by atoms with E-state index in [1.807, 2.05) is 19.1 Å². The molecule has 1 amide bonds. The third-order valence-electron chi connectivity index (χ3n) is 4.81. The molecule has 1 aromatic rings. The highest BCUT2D eigenvalue weighted by Gasteiger charge is 2.56. The van der Waals surface area contributed by atoms with E-state index >= 15 is 0 Å². The molecule has 0 aliphatic carbocycles. The number of carbonyl (C=O) groups excluding carboxylic acids is 1. The summed E-state index contributed by atoms with van der Waals surface area (Å²) in [5.41, 5.74) is 7.26. The minimum absolute atomic E-state index is 0.0942. The summed E-state index contributed by atoms with van der Waals surface area (Å²) < 4.78 is 19.8. The smallest absolute Gasteiger partial charge is 0.241 e. The standard InChI is InChI=1S/C21H24FN3O2S/c1-4-7-19-18(5-2)21(16(10-11-23)13-27-19)25(14(3)26)24-20(28-21)15-8-6-9-17(22)12-15/h4-9,12,16H,2,10-11,13,23H2,1,3H3/b7-4-/t16-,21?/m0/s1. The normalized spacial score (nSPS) is 24.6. The van der Waals surface area contributed by atoms with Gasteiger partial charge in [0.1, 0.15) is 16.6 Å². The Labute approximate surface area is 168 Å². The van der Waals surface area contributed by atoms with Crippen molar-refractivity contribution in [2.75, 3.05) is 13.2 Å². The third-order valence-corrected chi connectivity index (χ3v) is 6.36. The van der Waals surface area contributed by atoms with Crippen LogP contribution in [0.5, 0.6) is 0 Å². The molecule has 2 aliphatic rings. The van der Waals surface area contributed by atoms with E-state index in [1.165, 1.54) is 35.8 Å². The Morgan fingerprint density at radius 3 is 2.96 bits per heavy atom. The molecule has 28 heavy (non-hydrogen) atoms. The second-order valence-corrected chi connectivity index (χ2v) is 7.83. The molecule has 7 heteroatoms. The molecule has 2 N–H and O–H groups in total. The Morgan fingerprint density at radius 1 is 1.57 bits per heavy atom. The van der Waals surface area contributed by atoms with Gasteiger partial charge in [-0.05, 0) is 38.1 Å². The van der Waals surface area contributed by atoms with E-state index in [2.05, 4.69) is 11.7 Å². The topological polar surface area (TPSA) is 67.9 Å². The molecule has 1 unspecified atom stereocenters. The minimum atomic E-state index is -0.832. The van der Waals surface area contributed by atoms with Crippen molar-refractivity contribution in [3.05, 3.63) is 71.8 Å². The number of hydrazone groups is 1. The first-order chi connectivity index (χ1) is 13.5. The number of nitrogens with two attached hydrogens (primary N) is 1. The van der Waals surface area contributed by atoms with Gasteiger partial charge in [-0.1, -0.05) is 42.6 Å². The molecule has 0 aromatic heterocycles. The van der Waals surface area contributed by atoms with Crippen LogP contribution in [-0.4, -0.2) is 34.0 Å². The van der Waals surface area contributed by atoms with Gasteiger partial charge in [-0.3, -0.25) is 4.79 Å². The lowest BCUT2D eigenvalue weighted by Gasteiger charge is -2.45. The molecule has 0 saturated heterocycles. The molecular weight excluding hydrogens is 377 g/mol. The number of allylic oxidation sites excluding steroid dienone is 2. The monoisotopic (exact) mass is 401 g/mol. The van der Waals surface area contributed by atoms with E-state index in [4.69, 9.17) is 10.5 Å². The van der Waals surface area contributed by atoms with Crippen molar-refractivity contribution in [3.8, 4) is 0 Å². The summed E-state index contributed by atoms with van der Waals surface area (Å²) >= 11 is 1.43. The lowest BCUT2D eigenvalue weighted by molar-refractivity contribution is -0.133. The van der Waals surface area contributed by atoms with Crippen LogP contribution >= 0.6 is 11.8 Å². The highest BCUT2D eigenvalue weighted by molar-refractivity contribution is 8.16. The highest BCUT2D eigenvalue weighted by Crippen LogP contribution is 2.53. The van der Waals surface area contributed by atoms with E-state index < -0.39 is 4.87 Å². The average Bonchev–Trinajstić information content (AvgIpc) is 3.06. The fourth-order valence-electron chi connectivity index (χ4n) is 3.64. The van der Waals surface area contributed by atoms with Gasteiger partial charge in [-0.15, -0.1) is 0 Å². The highest BCUT2D eigenvalue weighted by atomic mass is 32.2. The summed E-state index contributed by atoms with van der Waals surface area (Å²) in [6.07, 6.45) is 6.09. The van der Waals surface area contributed by atoms with Gasteiger partial charge in [-0.2, -0.15) is 5.10 Å². The SMILES string of the molecule is C=CC1=C(/C=C\C)OC[C@H](CCN)C12SC(c1cccc(F)c1)=NN2C(C)=O. The molecule has 5 nitrogen and oxygen atoms in total. The van der Waals surface area contributed by atoms with Gasteiger partial charge < -0.3 is 10.5 Å². The van der Waals surface area contributed by atoms with Crippen molar-refractivity contribution in [1.82, 2.24) is 5.01 Å². The number of hydrogen-bond acceptors (Lipinski definition) is 5. The summed E-state index contributed by atoms with van der Waals surface area (Å²) in [5.74, 6) is 0.00105. The van der Waals surface area contributed by atoms with Crippen LogP contribution in [0.3, 0.4) is 0 Å². The van der Waals surface area contributed by atoms with Gasteiger partial charge in [0.05, 0.1) is 6.61 Å². The maximum atomic E-state index is 13.8. The number of hydrogen-bond donors (Lipinski definition) is 1. The fourth-order valence-corrected chi connectivity index (χ4v) is 5.20. The lowest BCUT2D eigenvalue weighted by atomic mass is 9.86. The van der Waals surface area contributed by atoms with Crippen LogP contribution in [0.2, 0.25) is 0 Å². The van der Waals surface area contributed by atoms with E-state index in [9.17, 15) is 9.18 Å². The maximum Gasteiger partial charge on any atom is 0.241 e. The number of nitrogens with zero attached hydrogens (tertiary/aromatic N) is 2. The first-order valence-corrected chi connectivity index (χ1v) is 9.96. The molecule has 1 aromatic carbocycles. The van der Waals surface area contributed by atoms with Crippen LogP contribution in [0.15, 0.2) is 65.5 Å². The fraction of sp³-hybridized carbons (Fsp3) is 0.333. The molecule has 0 bridgehead atoms. The first-order valence-electron chi connectivity index (χ1n) is 9.15. The zero-order valence-corrected chi connectivity index (χ0v) is 16.8. The van der Waals surface area contributed by atoms with Crippen molar-refractivity contribution in [2.45, 2.75) is 25.1 Å². The van der Waals surface area contributed by atoms with Gasteiger partial charge in [0.15, 0.2) is 4.87 Å². The van der Waals surface area contributed by atoms with Crippen molar-refractivity contribution in [2.24, 2.45) is 16.8 Å². The number of rotatable bonds is 5. The van der Waals surface area contributed by atoms with Crippen LogP contribution in [0.4, 0.5) is 4.39 Å². The summed E-state index contributed by atoms with van der Waals surface area (Å²) in [5, 5.41) is 6.66. The second-order valence-electron chi connectivity index (χ2n) is 6.61. The molecule has 3 rings (SSSR count). The molecule has 2 aliphatic heterocycles. The number of amides is 1. The largest absolute Gasteiger partial charge is 0.493 e. The van der Waals surface area contributed by atoms with Crippen LogP contribution in [-0.2, 0) is 9.53 Å². The van der Waals surface area contributed by atoms with Crippen LogP contribution in [0.25, 0.3) is 0 Å². The predicted octanol–water partition coefficient (Wildman–Crippen LogP) is 3.79. The Balaban J connectivity index is 2.19. The molecule has 2 atom stereocenters. The Morgan fingerprint density at radius 2 is 2.36 bits per heavy atom. The molecule has 0 saturated carbocycles. The number of thioether (sulfide) groups is 1. The van der Waals surface area contributed by atoms with Gasteiger partial charge in [0, 0.05) is 24.0 Å². The Kier molecular flexibility index (Phi) is 6.05. The van der Waals surface area contributed by atoms with E-state index in [-0.39, 0.29) is 17.6 Å². The van der Waals surface area contributed by atoms with Crippen LogP contribution < -0.4 is 5.73 Å². The lowest BCUT2D eigenvalue weighted by Crippen LogP contribution is -2.54.